The minimum Gasteiger partial charge on any atom is -0.457 e. The van der Waals surface area contributed by atoms with Crippen LogP contribution in [-0.2, 0) is 32.9 Å². The molecule has 0 aliphatic carbocycles. The molecule has 0 spiro atoms. The first-order chi connectivity index (χ1) is 19.2. The van der Waals surface area contributed by atoms with Gasteiger partial charge in [0.2, 0.25) is 5.91 Å². The molecule has 238 valence electrons. The molecule has 0 rings (SSSR count). The van der Waals surface area contributed by atoms with Crippen LogP contribution in [0.5, 0.6) is 0 Å². The lowest BCUT2D eigenvalue weighted by Crippen LogP contribution is -2.28. The molecule has 0 aromatic rings. The van der Waals surface area contributed by atoms with Crippen molar-refractivity contribution in [1.82, 2.24) is 5.32 Å². The van der Waals surface area contributed by atoms with Crippen LogP contribution in [0.1, 0.15) is 136 Å². The lowest BCUT2D eigenvalue weighted by atomic mass is 10.1. The number of phosphoric ester groups is 1. The van der Waals surface area contributed by atoms with Crippen molar-refractivity contribution in [2.45, 2.75) is 142 Å². The Hall–Kier alpha value is -1.03. The highest BCUT2D eigenvalue weighted by Crippen LogP contribution is 2.35. The average molecular weight is 596 g/mol. The Morgan fingerprint density at radius 1 is 0.725 bits per heavy atom. The van der Waals surface area contributed by atoms with E-state index in [1.807, 2.05) is 0 Å². The van der Waals surface area contributed by atoms with Gasteiger partial charge in [0.25, 0.3) is 0 Å². The van der Waals surface area contributed by atoms with Gasteiger partial charge in [-0.05, 0) is 19.3 Å². The molecule has 40 heavy (non-hydrogen) atoms. The third-order valence-corrected chi connectivity index (χ3v) is 7.01. The normalized spacial score (nSPS) is 12.4. The van der Waals surface area contributed by atoms with Crippen molar-refractivity contribution < 1.29 is 42.7 Å². The van der Waals surface area contributed by atoms with Gasteiger partial charge < -0.3 is 29.3 Å². The predicted molar refractivity (Wildman–Crippen MR) is 157 cm³/mol. The summed E-state index contributed by atoms with van der Waals surface area (Å²) in [6.45, 7) is 4.57. The molecule has 0 fully saturated rings. The Morgan fingerprint density at radius 3 is 1.80 bits per heavy atom. The summed E-state index contributed by atoms with van der Waals surface area (Å²) in [5, 5.41) is 2.81. The van der Waals surface area contributed by atoms with Gasteiger partial charge in [-0.15, -0.1) is 0 Å². The summed E-state index contributed by atoms with van der Waals surface area (Å²) in [4.78, 5) is 41.0. The van der Waals surface area contributed by atoms with E-state index >= 15 is 0 Å². The summed E-state index contributed by atoms with van der Waals surface area (Å²) in [6.07, 6.45) is 19.9. The van der Waals surface area contributed by atoms with Crippen molar-refractivity contribution in [3.63, 3.8) is 0 Å². The van der Waals surface area contributed by atoms with Gasteiger partial charge in [-0.1, -0.05) is 103 Å². The molecule has 3 N–H and O–H groups in total. The summed E-state index contributed by atoms with van der Waals surface area (Å²) in [5.41, 5.74) is 0. The van der Waals surface area contributed by atoms with Gasteiger partial charge in [0, 0.05) is 26.5 Å². The van der Waals surface area contributed by atoms with E-state index in [0.29, 0.717) is 6.61 Å². The minimum atomic E-state index is -4.68. The Kier molecular flexibility index (Phi) is 27.4. The average Bonchev–Trinajstić information content (AvgIpc) is 2.89. The molecule has 0 bridgehead atoms. The van der Waals surface area contributed by atoms with Gasteiger partial charge in [-0.3, -0.25) is 14.1 Å². The lowest BCUT2D eigenvalue weighted by Gasteiger charge is -2.18. The van der Waals surface area contributed by atoms with E-state index in [2.05, 4.69) is 16.8 Å². The fourth-order valence-electron chi connectivity index (χ4n) is 4.25. The number of carbonyl (C=O) groups is 2. The number of unbranched alkanes of at least 4 members (excludes halogenated alkanes) is 16. The fraction of sp³-hybridized carbons (Fsp3) is 0.931. The molecular formula is C29H58NO9P. The number of esters is 1. The van der Waals surface area contributed by atoms with Crippen molar-refractivity contribution in [3.8, 4) is 0 Å². The van der Waals surface area contributed by atoms with Crippen LogP contribution in [0.4, 0.5) is 0 Å². The van der Waals surface area contributed by atoms with Crippen molar-refractivity contribution in [2.75, 3.05) is 33.2 Å². The van der Waals surface area contributed by atoms with Crippen molar-refractivity contribution in [1.29, 1.82) is 0 Å². The second-order valence-corrected chi connectivity index (χ2v) is 11.8. The van der Waals surface area contributed by atoms with Crippen LogP contribution in [0, 0.1) is 0 Å². The molecule has 10 nitrogen and oxygen atoms in total. The number of rotatable bonds is 30. The fourth-order valence-corrected chi connectivity index (χ4v) is 4.61. The third-order valence-electron chi connectivity index (χ3n) is 6.52. The highest BCUT2D eigenvalue weighted by molar-refractivity contribution is 7.46. The molecule has 0 radical (unpaired) electrons. The first-order valence-corrected chi connectivity index (χ1v) is 17.1. The molecule has 0 aromatic heterocycles. The van der Waals surface area contributed by atoms with Gasteiger partial charge in [0.1, 0.15) is 12.9 Å². The summed E-state index contributed by atoms with van der Waals surface area (Å²) in [6, 6.07) is 0. The number of amides is 1. The van der Waals surface area contributed by atoms with E-state index in [1.165, 1.54) is 71.1 Å². The van der Waals surface area contributed by atoms with Crippen LogP contribution in [0.25, 0.3) is 0 Å². The number of nitrogens with one attached hydrogen (secondary N) is 1. The predicted octanol–water partition coefficient (Wildman–Crippen LogP) is 6.57. The number of phosphoric acid groups is 1. The van der Waals surface area contributed by atoms with Crippen molar-refractivity contribution >= 4 is 19.7 Å². The molecule has 0 aromatic carbocycles. The zero-order valence-electron chi connectivity index (χ0n) is 25.2. The van der Waals surface area contributed by atoms with E-state index in [9.17, 15) is 14.2 Å². The molecular weight excluding hydrogens is 537 g/mol. The topological polar surface area (TPSA) is 141 Å². The monoisotopic (exact) mass is 595 g/mol. The maximum atomic E-state index is 12.2. The van der Waals surface area contributed by atoms with E-state index in [4.69, 9.17) is 24.0 Å². The zero-order valence-corrected chi connectivity index (χ0v) is 26.1. The Balaban J connectivity index is 3.84. The number of hydrogen-bond donors (Lipinski definition) is 3. The summed E-state index contributed by atoms with van der Waals surface area (Å²) in [7, 11) is -4.68. The Bertz CT molecular complexity index is 645. The molecule has 0 saturated carbocycles. The second-order valence-electron chi connectivity index (χ2n) is 10.5. The lowest BCUT2D eigenvalue weighted by molar-refractivity contribution is -0.158. The van der Waals surface area contributed by atoms with E-state index in [-0.39, 0.29) is 25.7 Å². The van der Waals surface area contributed by atoms with Crippen LogP contribution in [0.2, 0.25) is 0 Å². The van der Waals surface area contributed by atoms with Gasteiger partial charge in [0.05, 0.1) is 13.2 Å². The number of carbonyl (C=O) groups excluding carboxylic acids is 2. The maximum Gasteiger partial charge on any atom is 0.469 e. The third kappa shape index (κ3) is 31.5. The SMILES string of the molecule is CCCCCCCCCCCCC(=O)O[C@H](COCOCCCCCCCCCCNC(C)=O)COP(=O)(O)O. The van der Waals surface area contributed by atoms with Crippen LogP contribution >= 0.6 is 7.82 Å². The largest absolute Gasteiger partial charge is 0.469 e. The summed E-state index contributed by atoms with van der Waals surface area (Å²) >= 11 is 0. The van der Waals surface area contributed by atoms with Gasteiger partial charge in [-0.25, -0.2) is 4.57 Å². The van der Waals surface area contributed by atoms with Gasteiger partial charge in [0.15, 0.2) is 0 Å². The molecule has 0 heterocycles. The number of ether oxygens (including phenoxy) is 3. The highest BCUT2D eigenvalue weighted by Gasteiger charge is 2.21. The van der Waals surface area contributed by atoms with E-state index < -0.39 is 26.5 Å². The first kappa shape index (κ1) is 39.0. The summed E-state index contributed by atoms with van der Waals surface area (Å²) in [5.74, 6) is -0.393. The molecule has 1 amide bonds. The molecule has 0 aliphatic rings. The van der Waals surface area contributed by atoms with Crippen molar-refractivity contribution in [3.05, 3.63) is 0 Å². The van der Waals surface area contributed by atoms with Crippen LogP contribution < -0.4 is 5.32 Å². The Labute approximate surface area is 242 Å². The van der Waals surface area contributed by atoms with Crippen LogP contribution in [-0.4, -0.2) is 60.9 Å². The second kappa shape index (κ2) is 28.1. The Morgan fingerprint density at radius 2 is 1.25 bits per heavy atom. The van der Waals surface area contributed by atoms with E-state index in [1.54, 1.807) is 0 Å². The van der Waals surface area contributed by atoms with Gasteiger partial charge >= 0.3 is 13.8 Å². The van der Waals surface area contributed by atoms with E-state index in [0.717, 1.165) is 57.9 Å². The standard InChI is InChI=1S/C29H58NO9P/c1-3-4-5-6-7-8-9-12-15-18-21-29(32)39-28(25-38-40(33,34)35)24-37-26-36-23-20-17-14-11-10-13-16-19-22-30-27(2)31/h28H,3-26H2,1-2H3,(H,30,31)(H2,33,34,35)/t28-/m1/s1. The quantitative estimate of drug-likeness (QED) is 0.0364. The molecule has 11 heteroatoms. The molecule has 0 unspecified atom stereocenters. The highest BCUT2D eigenvalue weighted by atomic mass is 31.2. The van der Waals surface area contributed by atoms with Crippen molar-refractivity contribution in [2.24, 2.45) is 0 Å². The van der Waals surface area contributed by atoms with Crippen LogP contribution in [0.3, 0.4) is 0 Å². The number of hydrogen-bond acceptors (Lipinski definition) is 7. The molecule has 0 aliphatic heterocycles. The van der Waals surface area contributed by atoms with Crippen LogP contribution in [0.15, 0.2) is 0 Å². The first-order valence-electron chi connectivity index (χ1n) is 15.5. The zero-order chi connectivity index (χ0) is 29.7. The summed E-state index contributed by atoms with van der Waals surface area (Å²) < 4.78 is 31.8. The molecule has 1 atom stereocenters. The van der Waals surface area contributed by atoms with Gasteiger partial charge in [-0.2, -0.15) is 0 Å². The minimum absolute atomic E-state index is 0.0106. The smallest absolute Gasteiger partial charge is 0.457 e. The maximum absolute atomic E-state index is 12.2. The molecule has 0 saturated heterocycles.